The molecule has 7 atom stereocenters. The minimum absolute atomic E-state index is 0.0119. The summed E-state index contributed by atoms with van der Waals surface area (Å²) in [5.74, 6) is 1.67. The highest BCUT2D eigenvalue weighted by Crippen LogP contribution is 2.70. The molecule has 0 bridgehead atoms. The fourth-order valence-corrected chi connectivity index (χ4v) is 9.36. The Morgan fingerprint density at radius 3 is 2.52 bits per heavy atom. The Morgan fingerprint density at radius 2 is 1.83 bits per heavy atom. The summed E-state index contributed by atoms with van der Waals surface area (Å²) in [5, 5.41) is 0.409. The number of ether oxygens (including phenoxy) is 1. The number of hydrogen-bond donors (Lipinski definition) is 0. The van der Waals surface area contributed by atoms with E-state index in [0.29, 0.717) is 30.6 Å². The molecule has 1 spiro atoms. The van der Waals surface area contributed by atoms with Crippen molar-refractivity contribution < 1.29 is 19.1 Å². The molecule has 1 aliphatic heterocycles. The molecule has 5 rings (SSSR count). The minimum atomic E-state index is -0.287. The van der Waals surface area contributed by atoms with Gasteiger partial charge in [-0.15, -0.1) is 0 Å². The lowest BCUT2D eigenvalue weighted by molar-refractivity contribution is -0.167. The van der Waals surface area contributed by atoms with Crippen LogP contribution < -0.4 is 0 Å². The van der Waals surface area contributed by atoms with Gasteiger partial charge in [0.1, 0.15) is 5.60 Å². The zero-order valence-electron chi connectivity index (χ0n) is 17.8. The lowest BCUT2D eigenvalue weighted by Gasteiger charge is -2.61. The van der Waals surface area contributed by atoms with Crippen molar-refractivity contribution in [3.63, 3.8) is 0 Å². The van der Waals surface area contributed by atoms with Crippen molar-refractivity contribution in [2.45, 2.75) is 89.4 Å². The second-order valence-electron chi connectivity index (χ2n) is 10.7. The standard InChI is InChI=1S/C24H32O4S/c1-14(25)29-19-13-15-12-16(26)4-8-22(15,2)17-5-9-23(3)18(21(17)19)6-10-24(23)11-7-20(27)28-24/h12,17-19,21H,4-11,13H2,1-3H3/t17-,18+,19?,21?,22-,23+,24-/m1/s1. The fourth-order valence-electron chi connectivity index (χ4n) is 8.13. The Bertz CT molecular complexity index is 818. The Kier molecular flexibility index (Phi) is 4.41. The van der Waals surface area contributed by atoms with E-state index in [0.717, 1.165) is 44.9 Å². The topological polar surface area (TPSA) is 60.4 Å². The first-order valence-electron chi connectivity index (χ1n) is 11.3. The van der Waals surface area contributed by atoms with Crippen LogP contribution >= 0.6 is 11.8 Å². The van der Waals surface area contributed by atoms with E-state index in [1.54, 1.807) is 6.92 Å². The first-order chi connectivity index (χ1) is 13.7. The van der Waals surface area contributed by atoms with Crippen LogP contribution in [0.3, 0.4) is 0 Å². The number of carbonyl (C=O) groups excluding carboxylic acids is 3. The molecule has 0 N–H and O–H groups in total. The van der Waals surface area contributed by atoms with Crippen LogP contribution in [0.1, 0.15) is 78.6 Å². The third-order valence-electron chi connectivity index (χ3n) is 9.61. The maximum atomic E-state index is 12.2. The van der Waals surface area contributed by atoms with Crippen LogP contribution in [0, 0.1) is 28.6 Å². The number of rotatable bonds is 1. The maximum Gasteiger partial charge on any atom is 0.306 e. The predicted molar refractivity (Wildman–Crippen MR) is 112 cm³/mol. The van der Waals surface area contributed by atoms with Gasteiger partial charge in [0.05, 0.1) is 0 Å². The van der Waals surface area contributed by atoms with Crippen molar-refractivity contribution in [3.8, 4) is 0 Å². The van der Waals surface area contributed by atoms with Crippen LogP contribution in [0.5, 0.6) is 0 Å². The summed E-state index contributed by atoms with van der Waals surface area (Å²) >= 11 is 1.50. The second-order valence-corrected chi connectivity index (χ2v) is 12.1. The van der Waals surface area contributed by atoms with Crippen molar-refractivity contribution in [2.24, 2.45) is 28.6 Å². The van der Waals surface area contributed by atoms with Crippen molar-refractivity contribution in [3.05, 3.63) is 11.6 Å². The van der Waals surface area contributed by atoms with E-state index in [9.17, 15) is 14.4 Å². The largest absolute Gasteiger partial charge is 0.458 e. The zero-order chi connectivity index (χ0) is 20.6. The molecule has 0 aromatic heterocycles. The molecule has 29 heavy (non-hydrogen) atoms. The highest BCUT2D eigenvalue weighted by atomic mass is 32.2. The second kappa shape index (κ2) is 6.45. The van der Waals surface area contributed by atoms with Gasteiger partial charge >= 0.3 is 5.97 Å². The van der Waals surface area contributed by atoms with E-state index in [1.165, 1.54) is 17.3 Å². The van der Waals surface area contributed by atoms with Gasteiger partial charge in [0.25, 0.3) is 0 Å². The number of hydrogen-bond acceptors (Lipinski definition) is 5. The molecule has 1 saturated heterocycles. The Balaban J connectivity index is 1.56. The first-order valence-corrected chi connectivity index (χ1v) is 12.2. The monoisotopic (exact) mass is 416 g/mol. The molecule has 5 aliphatic rings. The summed E-state index contributed by atoms with van der Waals surface area (Å²) < 4.78 is 6.06. The van der Waals surface area contributed by atoms with Gasteiger partial charge in [0.15, 0.2) is 10.9 Å². The molecule has 5 heteroatoms. The van der Waals surface area contributed by atoms with Crippen LogP contribution in [-0.2, 0) is 19.1 Å². The quantitative estimate of drug-likeness (QED) is 0.572. The first kappa shape index (κ1) is 19.8. The summed E-state index contributed by atoms with van der Waals surface area (Å²) in [6.45, 7) is 6.42. The molecule has 3 saturated carbocycles. The number of esters is 1. The maximum absolute atomic E-state index is 12.2. The van der Waals surface area contributed by atoms with Crippen LogP contribution in [0.15, 0.2) is 11.6 Å². The summed E-state index contributed by atoms with van der Waals surface area (Å²) in [4.78, 5) is 36.4. The van der Waals surface area contributed by atoms with Gasteiger partial charge in [0, 0.05) is 30.4 Å². The summed E-state index contributed by atoms with van der Waals surface area (Å²) in [5.41, 5.74) is 1.09. The predicted octanol–water partition coefficient (Wildman–Crippen LogP) is 4.85. The third kappa shape index (κ3) is 2.68. The number of fused-ring (bicyclic) bond motifs is 6. The molecule has 0 amide bonds. The van der Waals surface area contributed by atoms with Crippen molar-refractivity contribution >= 4 is 28.6 Å². The number of allylic oxidation sites excluding steroid dienone is 1. The van der Waals surface area contributed by atoms with Crippen LogP contribution in [-0.4, -0.2) is 27.7 Å². The number of ketones is 1. The van der Waals surface area contributed by atoms with Crippen molar-refractivity contribution in [1.82, 2.24) is 0 Å². The van der Waals surface area contributed by atoms with Gasteiger partial charge in [-0.1, -0.05) is 31.2 Å². The van der Waals surface area contributed by atoms with Gasteiger partial charge in [0.2, 0.25) is 0 Å². The van der Waals surface area contributed by atoms with Crippen LogP contribution in [0.25, 0.3) is 0 Å². The molecule has 4 aliphatic carbocycles. The Labute approximate surface area is 177 Å². The molecule has 4 nitrogen and oxygen atoms in total. The van der Waals surface area contributed by atoms with E-state index in [2.05, 4.69) is 13.8 Å². The van der Waals surface area contributed by atoms with Gasteiger partial charge in [-0.05, 0) is 74.2 Å². The van der Waals surface area contributed by atoms with Crippen molar-refractivity contribution in [1.29, 1.82) is 0 Å². The highest BCUT2D eigenvalue weighted by Gasteiger charge is 2.68. The molecule has 0 aromatic rings. The molecular formula is C24H32O4S. The lowest BCUT2D eigenvalue weighted by atomic mass is 9.46. The Hall–Kier alpha value is -1.10. The summed E-state index contributed by atoms with van der Waals surface area (Å²) in [7, 11) is 0. The van der Waals surface area contributed by atoms with Crippen LogP contribution in [0.4, 0.5) is 0 Å². The van der Waals surface area contributed by atoms with Gasteiger partial charge < -0.3 is 4.74 Å². The van der Waals surface area contributed by atoms with E-state index in [1.807, 2.05) is 6.08 Å². The van der Waals surface area contributed by atoms with Crippen molar-refractivity contribution in [2.75, 3.05) is 0 Å². The number of carbonyl (C=O) groups is 3. The number of thioether (sulfide) groups is 1. The van der Waals surface area contributed by atoms with E-state index >= 15 is 0 Å². The highest BCUT2D eigenvalue weighted by molar-refractivity contribution is 8.14. The van der Waals surface area contributed by atoms with Gasteiger partial charge in [-0.25, -0.2) is 0 Å². The Morgan fingerprint density at radius 1 is 1.07 bits per heavy atom. The van der Waals surface area contributed by atoms with E-state index in [-0.39, 0.29) is 38.5 Å². The normalized spacial score (nSPS) is 48.6. The molecule has 4 fully saturated rings. The molecule has 2 unspecified atom stereocenters. The van der Waals surface area contributed by atoms with Gasteiger partial charge in [-0.2, -0.15) is 0 Å². The van der Waals surface area contributed by atoms with E-state index < -0.39 is 0 Å². The smallest absolute Gasteiger partial charge is 0.306 e. The average Bonchev–Trinajstić information content (AvgIpc) is 3.17. The molecule has 0 radical (unpaired) electrons. The fraction of sp³-hybridized carbons (Fsp3) is 0.792. The summed E-state index contributed by atoms with van der Waals surface area (Å²) in [6, 6.07) is 0. The average molecular weight is 417 g/mol. The van der Waals surface area contributed by atoms with Gasteiger partial charge in [-0.3, -0.25) is 14.4 Å². The molecular weight excluding hydrogens is 384 g/mol. The SMILES string of the molecule is CC(=O)SC1CC2=CC(=O)CC[C@@]2(C)[C@@H]2CC[C@@]3(C)[C@@H](CC[C@@]34CCC(=O)O4)C12. The minimum Gasteiger partial charge on any atom is -0.458 e. The molecule has 158 valence electrons. The third-order valence-corrected chi connectivity index (χ3v) is 10.7. The summed E-state index contributed by atoms with van der Waals surface area (Å²) in [6.07, 6.45) is 10.0. The van der Waals surface area contributed by atoms with Crippen LogP contribution in [0.2, 0.25) is 0 Å². The molecule has 1 heterocycles. The molecule has 0 aromatic carbocycles. The van der Waals surface area contributed by atoms with E-state index in [4.69, 9.17) is 4.74 Å². The lowest BCUT2D eigenvalue weighted by Crippen LogP contribution is -2.57. The zero-order valence-corrected chi connectivity index (χ0v) is 18.6.